The molecule has 3 atom stereocenters. The summed E-state index contributed by atoms with van der Waals surface area (Å²) < 4.78 is 70.8. The van der Waals surface area contributed by atoms with E-state index in [9.17, 15) is 32.3 Å². The van der Waals surface area contributed by atoms with Gasteiger partial charge < -0.3 is 30.9 Å². The maximum atomic E-state index is 15.0. The summed E-state index contributed by atoms with van der Waals surface area (Å²) in [7, 11) is 0. The first kappa shape index (κ1) is 32.3. The number of hydrogen-bond donors (Lipinski definition) is 4. The molecule has 2 amide bonds. The van der Waals surface area contributed by atoms with E-state index in [-0.39, 0.29) is 36.0 Å². The fraction of sp³-hybridized carbons (Fsp3) is 0.382. The molecule has 6 rings (SSSR count). The monoisotopic (exact) mass is 654 g/mol. The zero-order valence-corrected chi connectivity index (χ0v) is 25.9. The van der Waals surface area contributed by atoms with Gasteiger partial charge in [0.15, 0.2) is 0 Å². The van der Waals surface area contributed by atoms with Gasteiger partial charge in [-0.05, 0) is 75.1 Å². The standard InChI is InChI=1S/C34H34F4N4O5/c1-4-32(30(39)44)17-46-28-24(32)15-26(42-31(28,3)21-7-9-22(35)10-8-21)33(45,34(36,37)38)16-40-29(43)20-13-19-6-5-18(2)41-27(19)25(14-20)47-23-11-12-23/h5-10,13-15,23,42,45H,4,11-12,16-17H2,1-3H3,(H2,39,44)(H,40,43)/t31?,32-,33-/m0/s1. The number of halogens is 4. The van der Waals surface area contributed by atoms with Crippen molar-refractivity contribution in [1.29, 1.82) is 0 Å². The molecule has 2 aromatic carbocycles. The number of aromatic nitrogens is 1. The highest BCUT2D eigenvalue weighted by molar-refractivity contribution is 6.00. The van der Waals surface area contributed by atoms with Gasteiger partial charge in [0.2, 0.25) is 11.5 Å². The Kier molecular flexibility index (Phi) is 7.73. The molecular formula is C34H34F4N4O5. The average Bonchev–Trinajstić information content (AvgIpc) is 3.75. The van der Waals surface area contributed by atoms with Gasteiger partial charge in [-0.25, -0.2) is 9.37 Å². The SMILES string of the molecule is CC[C@]1(C(N)=O)COC2=C1C=C([C@@](O)(CNC(=O)c1cc(OC3CC3)c3nc(C)ccc3c1)C(F)(F)F)NC2(C)c1ccc(F)cc1. The normalized spacial score (nSPS) is 23.7. The van der Waals surface area contributed by atoms with E-state index < -0.39 is 52.6 Å². The van der Waals surface area contributed by atoms with Crippen LogP contribution in [-0.4, -0.2) is 52.9 Å². The van der Waals surface area contributed by atoms with Crippen molar-refractivity contribution < 1.29 is 41.7 Å². The lowest BCUT2D eigenvalue weighted by Gasteiger charge is -2.43. The molecule has 1 fully saturated rings. The zero-order chi connectivity index (χ0) is 33.9. The minimum absolute atomic E-state index is 0.0120. The lowest BCUT2D eigenvalue weighted by Crippen LogP contribution is -2.61. The molecule has 3 aromatic rings. The highest BCUT2D eigenvalue weighted by Gasteiger charge is 2.61. The molecule has 47 heavy (non-hydrogen) atoms. The first-order chi connectivity index (χ1) is 22.1. The van der Waals surface area contributed by atoms with Crippen LogP contribution in [-0.2, 0) is 15.1 Å². The van der Waals surface area contributed by atoms with E-state index >= 15 is 0 Å². The smallest absolute Gasteiger partial charge is 0.424 e. The number of aryl methyl sites for hydroxylation is 1. The second kappa shape index (κ2) is 11.3. The Labute approximate surface area is 267 Å². The maximum Gasteiger partial charge on any atom is 0.424 e. The summed E-state index contributed by atoms with van der Waals surface area (Å²) in [5.41, 5.74) is -0.134. The molecule has 248 valence electrons. The van der Waals surface area contributed by atoms with Crippen LogP contribution in [0.1, 0.15) is 54.7 Å². The van der Waals surface area contributed by atoms with Crippen LogP contribution in [0, 0.1) is 18.2 Å². The Hall–Kier alpha value is -4.65. The van der Waals surface area contributed by atoms with Crippen molar-refractivity contribution in [2.24, 2.45) is 11.1 Å². The number of carbonyl (C=O) groups is 2. The lowest BCUT2D eigenvalue weighted by atomic mass is 9.72. The van der Waals surface area contributed by atoms with Crippen molar-refractivity contribution >= 4 is 22.7 Å². The molecule has 0 spiro atoms. The molecule has 9 nitrogen and oxygen atoms in total. The Morgan fingerprint density at radius 1 is 1.17 bits per heavy atom. The van der Waals surface area contributed by atoms with Gasteiger partial charge in [-0.2, -0.15) is 13.2 Å². The summed E-state index contributed by atoms with van der Waals surface area (Å²) in [6, 6.07) is 11.4. The van der Waals surface area contributed by atoms with Gasteiger partial charge in [-0.1, -0.05) is 25.1 Å². The quantitative estimate of drug-likeness (QED) is 0.243. The molecule has 1 aliphatic carbocycles. The molecule has 3 aliphatic rings. The number of fused-ring (bicyclic) bond motifs is 1. The van der Waals surface area contributed by atoms with Crippen LogP contribution in [0.2, 0.25) is 0 Å². The van der Waals surface area contributed by atoms with E-state index in [1.54, 1.807) is 26.0 Å². The number of allylic oxidation sites excluding steroid dienone is 1. The van der Waals surface area contributed by atoms with Crippen molar-refractivity contribution in [3.63, 3.8) is 0 Å². The van der Waals surface area contributed by atoms with Gasteiger partial charge >= 0.3 is 6.18 Å². The van der Waals surface area contributed by atoms with E-state index in [1.165, 1.54) is 31.2 Å². The van der Waals surface area contributed by atoms with Gasteiger partial charge in [0.25, 0.3) is 5.91 Å². The van der Waals surface area contributed by atoms with Crippen LogP contribution in [0.15, 0.2) is 71.6 Å². The number of nitrogens with zero attached hydrogens (tertiary/aromatic N) is 1. The number of dihydropyridines is 1. The number of amides is 2. The number of primary amides is 1. The van der Waals surface area contributed by atoms with Crippen molar-refractivity contribution in [3.8, 4) is 5.75 Å². The first-order valence-electron chi connectivity index (χ1n) is 15.2. The number of hydrogen-bond acceptors (Lipinski definition) is 7. The van der Waals surface area contributed by atoms with Gasteiger partial charge in [-0.3, -0.25) is 9.59 Å². The lowest BCUT2D eigenvalue weighted by molar-refractivity contribution is -0.243. The Morgan fingerprint density at radius 2 is 1.87 bits per heavy atom. The van der Waals surface area contributed by atoms with Gasteiger partial charge in [0, 0.05) is 22.2 Å². The third-order valence-electron chi connectivity index (χ3n) is 9.24. The fourth-order valence-electron chi connectivity index (χ4n) is 6.12. The van der Waals surface area contributed by atoms with E-state index in [2.05, 4.69) is 15.6 Å². The summed E-state index contributed by atoms with van der Waals surface area (Å²) in [6.07, 6.45) is -2.59. The molecule has 2 aliphatic heterocycles. The van der Waals surface area contributed by atoms with Crippen LogP contribution in [0.25, 0.3) is 10.9 Å². The number of rotatable bonds is 9. The third kappa shape index (κ3) is 5.45. The first-order valence-corrected chi connectivity index (χ1v) is 15.2. The van der Waals surface area contributed by atoms with Crippen molar-refractivity contribution in [1.82, 2.24) is 15.6 Å². The number of carbonyl (C=O) groups excluding carboxylic acids is 2. The van der Waals surface area contributed by atoms with E-state index in [0.29, 0.717) is 22.2 Å². The van der Waals surface area contributed by atoms with Gasteiger partial charge in [0.1, 0.15) is 40.4 Å². The summed E-state index contributed by atoms with van der Waals surface area (Å²) in [5, 5.41) is 17.1. The number of pyridine rings is 1. The number of ether oxygens (including phenoxy) is 2. The number of benzene rings is 2. The van der Waals surface area contributed by atoms with E-state index in [4.69, 9.17) is 15.2 Å². The van der Waals surface area contributed by atoms with Crippen LogP contribution in [0.4, 0.5) is 17.6 Å². The number of alkyl halides is 3. The van der Waals surface area contributed by atoms with Crippen LogP contribution in [0.5, 0.6) is 5.75 Å². The summed E-state index contributed by atoms with van der Waals surface area (Å²) in [6.45, 7) is 3.41. The Bertz CT molecular complexity index is 1840. The van der Waals surface area contributed by atoms with Crippen molar-refractivity contribution in [3.05, 3.63) is 94.3 Å². The molecule has 1 aromatic heterocycles. The maximum absolute atomic E-state index is 15.0. The fourth-order valence-corrected chi connectivity index (χ4v) is 6.12. The number of aliphatic hydroxyl groups is 1. The molecule has 13 heteroatoms. The molecular weight excluding hydrogens is 620 g/mol. The van der Waals surface area contributed by atoms with Crippen LogP contribution in [0.3, 0.4) is 0 Å². The van der Waals surface area contributed by atoms with E-state index in [0.717, 1.165) is 36.7 Å². The van der Waals surface area contributed by atoms with Crippen LogP contribution < -0.4 is 21.1 Å². The zero-order valence-electron chi connectivity index (χ0n) is 25.9. The molecule has 1 unspecified atom stereocenters. The summed E-state index contributed by atoms with van der Waals surface area (Å²) in [5.74, 6) is -1.84. The molecule has 1 saturated carbocycles. The summed E-state index contributed by atoms with van der Waals surface area (Å²) in [4.78, 5) is 30.7. The average molecular weight is 655 g/mol. The Morgan fingerprint density at radius 3 is 2.49 bits per heavy atom. The van der Waals surface area contributed by atoms with Crippen LogP contribution >= 0.6 is 0 Å². The molecule has 3 heterocycles. The molecule has 0 saturated heterocycles. The van der Waals surface area contributed by atoms with Crippen molar-refractivity contribution in [2.45, 2.75) is 63.5 Å². The predicted molar refractivity (Wildman–Crippen MR) is 163 cm³/mol. The highest BCUT2D eigenvalue weighted by Crippen LogP contribution is 2.52. The second-order valence-corrected chi connectivity index (χ2v) is 12.5. The van der Waals surface area contributed by atoms with Crippen molar-refractivity contribution in [2.75, 3.05) is 13.2 Å². The highest BCUT2D eigenvalue weighted by atomic mass is 19.4. The van der Waals surface area contributed by atoms with Gasteiger partial charge in [-0.15, -0.1) is 0 Å². The molecule has 0 radical (unpaired) electrons. The summed E-state index contributed by atoms with van der Waals surface area (Å²) >= 11 is 0. The Balaban J connectivity index is 1.39. The second-order valence-electron chi connectivity index (χ2n) is 12.5. The largest absolute Gasteiger partial charge is 0.493 e. The molecule has 0 bridgehead atoms. The predicted octanol–water partition coefficient (Wildman–Crippen LogP) is 4.82. The minimum atomic E-state index is -5.33. The van der Waals surface area contributed by atoms with Gasteiger partial charge in [0.05, 0.1) is 18.3 Å². The molecule has 5 N–H and O–H groups in total. The topological polar surface area (TPSA) is 136 Å². The van der Waals surface area contributed by atoms with E-state index in [1.807, 2.05) is 0 Å². The third-order valence-corrected chi connectivity index (χ3v) is 9.24. The number of nitrogens with two attached hydrogens (primary N) is 1. The number of nitrogens with one attached hydrogen (secondary N) is 2. The minimum Gasteiger partial charge on any atom is -0.493 e.